The second-order valence-electron chi connectivity index (χ2n) is 5.91. The van der Waals surface area contributed by atoms with Crippen molar-refractivity contribution in [3.63, 3.8) is 0 Å². The summed E-state index contributed by atoms with van der Waals surface area (Å²) in [4.78, 5) is 2.37. The number of hydrogen-bond acceptors (Lipinski definition) is 4. The van der Waals surface area contributed by atoms with E-state index in [1.165, 1.54) is 24.0 Å². The topological polar surface area (TPSA) is 47.7 Å². The molecule has 1 fully saturated rings. The van der Waals surface area contributed by atoms with E-state index >= 15 is 0 Å². The number of nitrogens with zero attached hydrogens (tertiary/aromatic N) is 1. The van der Waals surface area contributed by atoms with Crippen LogP contribution >= 0.6 is 0 Å². The predicted octanol–water partition coefficient (Wildman–Crippen LogP) is 2.19. The molecule has 0 bridgehead atoms. The fourth-order valence-corrected chi connectivity index (χ4v) is 3.18. The first-order valence-electron chi connectivity index (χ1n) is 7.81. The summed E-state index contributed by atoms with van der Waals surface area (Å²) in [5, 5.41) is 0. The standard InChI is InChI=1S/C17H28N2O2/c1-19(11-14-6-5-9-21-12-14)17(10-18)16-8-4-3-7-15(16)13-20-2/h3-4,7-8,14,17H,5-6,9-13,18H2,1-2H3. The van der Waals surface area contributed by atoms with Crippen LogP contribution in [0.2, 0.25) is 0 Å². The fraction of sp³-hybridized carbons (Fsp3) is 0.647. The predicted molar refractivity (Wildman–Crippen MR) is 85.1 cm³/mol. The Morgan fingerprint density at radius 2 is 2.24 bits per heavy atom. The van der Waals surface area contributed by atoms with Gasteiger partial charge in [-0.15, -0.1) is 0 Å². The maximum absolute atomic E-state index is 6.06. The summed E-state index contributed by atoms with van der Waals surface area (Å²) in [7, 11) is 3.90. The van der Waals surface area contributed by atoms with Gasteiger partial charge in [0.25, 0.3) is 0 Å². The smallest absolute Gasteiger partial charge is 0.0716 e. The Bertz CT molecular complexity index is 419. The number of rotatable bonds is 7. The number of ether oxygens (including phenoxy) is 2. The molecule has 0 amide bonds. The van der Waals surface area contributed by atoms with Gasteiger partial charge >= 0.3 is 0 Å². The third-order valence-electron chi connectivity index (χ3n) is 4.27. The summed E-state index contributed by atoms with van der Waals surface area (Å²) >= 11 is 0. The fourth-order valence-electron chi connectivity index (χ4n) is 3.18. The van der Waals surface area contributed by atoms with E-state index in [1.807, 2.05) is 0 Å². The van der Waals surface area contributed by atoms with Crippen molar-refractivity contribution in [3.05, 3.63) is 35.4 Å². The lowest BCUT2D eigenvalue weighted by molar-refractivity contribution is 0.0364. The molecule has 118 valence electrons. The van der Waals surface area contributed by atoms with E-state index in [4.69, 9.17) is 15.2 Å². The minimum Gasteiger partial charge on any atom is -0.381 e. The summed E-state index contributed by atoms with van der Waals surface area (Å²) < 4.78 is 10.9. The van der Waals surface area contributed by atoms with Crippen molar-refractivity contribution < 1.29 is 9.47 Å². The molecule has 4 nitrogen and oxygen atoms in total. The van der Waals surface area contributed by atoms with Gasteiger partial charge in [-0.25, -0.2) is 0 Å². The quantitative estimate of drug-likeness (QED) is 0.837. The average Bonchev–Trinajstić information content (AvgIpc) is 2.51. The van der Waals surface area contributed by atoms with Gasteiger partial charge in [0.2, 0.25) is 0 Å². The summed E-state index contributed by atoms with van der Waals surface area (Å²) in [6, 6.07) is 8.66. The van der Waals surface area contributed by atoms with Crippen LogP contribution < -0.4 is 5.73 Å². The second-order valence-corrected chi connectivity index (χ2v) is 5.91. The first kappa shape index (κ1) is 16.4. The number of hydrogen-bond donors (Lipinski definition) is 1. The first-order valence-corrected chi connectivity index (χ1v) is 7.81. The molecule has 0 saturated carbocycles. The second kappa shape index (κ2) is 8.49. The molecule has 0 spiro atoms. The zero-order valence-electron chi connectivity index (χ0n) is 13.3. The van der Waals surface area contributed by atoms with Gasteiger partial charge in [-0.2, -0.15) is 0 Å². The normalized spacial score (nSPS) is 20.7. The average molecular weight is 292 g/mol. The van der Waals surface area contributed by atoms with Gasteiger partial charge in [-0.3, -0.25) is 4.90 Å². The van der Waals surface area contributed by atoms with Crippen LogP contribution in [0.3, 0.4) is 0 Å². The number of benzene rings is 1. The SMILES string of the molecule is COCc1ccccc1C(CN)N(C)CC1CCCOC1. The van der Waals surface area contributed by atoms with Gasteiger partial charge in [0, 0.05) is 32.8 Å². The van der Waals surface area contributed by atoms with E-state index in [-0.39, 0.29) is 6.04 Å². The van der Waals surface area contributed by atoms with E-state index in [2.05, 4.69) is 36.2 Å². The molecule has 21 heavy (non-hydrogen) atoms. The molecule has 2 N–H and O–H groups in total. The third-order valence-corrected chi connectivity index (χ3v) is 4.27. The van der Waals surface area contributed by atoms with Crippen molar-refractivity contribution in [3.8, 4) is 0 Å². The van der Waals surface area contributed by atoms with E-state index in [9.17, 15) is 0 Å². The Morgan fingerprint density at radius 3 is 2.90 bits per heavy atom. The molecule has 1 aliphatic heterocycles. The molecular formula is C17H28N2O2. The number of methoxy groups -OCH3 is 1. The molecule has 0 aliphatic carbocycles. The summed E-state index contributed by atoms with van der Waals surface area (Å²) in [5.74, 6) is 0.618. The Morgan fingerprint density at radius 1 is 1.43 bits per heavy atom. The molecule has 1 saturated heterocycles. The van der Waals surface area contributed by atoms with Crippen molar-refractivity contribution in [2.45, 2.75) is 25.5 Å². The summed E-state index contributed by atoms with van der Waals surface area (Å²) in [6.07, 6.45) is 2.42. The van der Waals surface area contributed by atoms with Gasteiger partial charge in [0.15, 0.2) is 0 Å². The number of nitrogens with two attached hydrogens (primary N) is 1. The molecule has 1 aromatic rings. The highest BCUT2D eigenvalue weighted by molar-refractivity contribution is 5.30. The van der Waals surface area contributed by atoms with Gasteiger partial charge < -0.3 is 15.2 Å². The van der Waals surface area contributed by atoms with Crippen LogP contribution in [-0.2, 0) is 16.1 Å². The maximum Gasteiger partial charge on any atom is 0.0716 e. The zero-order valence-corrected chi connectivity index (χ0v) is 13.3. The van der Waals surface area contributed by atoms with Crippen LogP contribution in [0.4, 0.5) is 0 Å². The largest absolute Gasteiger partial charge is 0.381 e. The van der Waals surface area contributed by atoms with Gasteiger partial charge in [-0.05, 0) is 36.9 Å². The van der Waals surface area contributed by atoms with E-state index in [0.717, 1.165) is 19.8 Å². The van der Waals surface area contributed by atoms with Crippen LogP contribution in [-0.4, -0.2) is 45.4 Å². The first-order chi connectivity index (χ1) is 10.3. The molecule has 1 aromatic carbocycles. The van der Waals surface area contributed by atoms with E-state index < -0.39 is 0 Å². The molecule has 1 aliphatic rings. The van der Waals surface area contributed by atoms with Crippen LogP contribution in [0, 0.1) is 5.92 Å². The molecule has 4 heteroatoms. The monoisotopic (exact) mass is 292 g/mol. The van der Waals surface area contributed by atoms with Crippen molar-refractivity contribution in [2.24, 2.45) is 11.7 Å². The van der Waals surface area contributed by atoms with Crippen molar-refractivity contribution >= 4 is 0 Å². The van der Waals surface area contributed by atoms with Crippen molar-refractivity contribution in [1.82, 2.24) is 4.90 Å². The van der Waals surface area contributed by atoms with E-state index in [1.54, 1.807) is 7.11 Å². The third kappa shape index (κ3) is 4.51. The maximum atomic E-state index is 6.06. The Hall–Kier alpha value is -0.940. The molecule has 0 aromatic heterocycles. The van der Waals surface area contributed by atoms with Crippen LogP contribution in [0.1, 0.15) is 30.0 Å². The molecular weight excluding hydrogens is 264 g/mol. The lowest BCUT2D eigenvalue weighted by Gasteiger charge is -2.33. The molecule has 2 atom stereocenters. The van der Waals surface area contributed by atoms with Crippen molar-refractivity contribution in [1.29, 1.82) is 0 Å². The number of likely N-dealkylation sites (N-methyl/N-ethyl adjacent to an activating group) is 1. The van der Waals surface area contributed by atoms with Crippen LogP contribution in [0.15, 0.2) is 24.3 Å². The lowest BCUT2D eigenvalue weighted by atomic mass is 9.97. The minimum atomic E-state index is 0.235. The van der Waals surface area contributed by atoms with Gasteiger partial charge in [0.1, 0.15) is 0 Å². The Labute approximate surface area is 128 Å². The van der Waals surface area contributed by atoms with Crippen LogP contribution in [0.5, 0.6) is 0 Å². The Balaban J connectivity index is 2.07. The van der Waals surface area contributed by atoms with Gasteiger partial charge in [-0.1, -0.05) is 24.3 Å². The van der Waals surface area contributed by atoms with Crippen LogP contribution in [0.25, 0.3) is 0 Å². The summed E-state index contributed by atoms with van der Waals surface area (Å²) in [5.41, 5.74) is 8.57. The molecule has 0 radical (unpaired) electrons. The lowest BCUT2D eigenvalue weighted by Crippen LogP contribution is -2.37. The highest BCUT2D eigenvalue weighted by atomic mass is 16.5. The summed E-state index contributed by atoms with van der Waals surface area (Å²) in [6.45, 7) is 4.07. The highest BCUT2D eigenvalue weighted by Gasteiger charge is 2.22. The van der Waals surface area contributed by atoms with E-state index in [0.29, 0.717) is 19.1 Å². The minimum absolute atomic E-state index is 0.235. The molecule has 1 heterocycles. The molecule has 2 rings (SSSR count). The molecule has 2 unspecified atom stereocenters. The zero-order chi connectivity index (χ0) is 15.1. The highest BCUT2D eigenvalue weighted by Crippen LogP contribution is 2.25. The van der Waals surface area contributed by atoms with Gasteiger partial charge in [0.05, 0.1) is 13.2 Å². The Kier molecular flexibility index (Phi) is 6.64. The van der Waals surface area contributed by atoms with Crippen molar-refractivity contribution in [2.75, 3.05) is 40.5 Å².